The molecular formula is C50H33NO. The minimum absolute atomic E-state index is 0.0184. The van der Waals surface area contributed by atoms with Crippen molar-refractivity contribution < 1.29 is 25.0 Å². The molecular weight excluding hydrogens is 631 g/mol. The third kappa shape index (κ3) is 5.12. The summed E-state index contributed by atoms with van der Waals surface area (Å²) in [5, 5.41) is 1.71. The molecule has 1 aromatic heterocycles. The Morgan fingerprint density at radius 2 is 1.06 bits per heavy atom. The SMILES string of the molecule is [2H]c1c([2H])c(N(c2c([2H])c([2H])c(-c3c([2H])c([2H])c([2H])c4c([2H])c([2H])c([2H])c([2H])c34)c([2H])c2[2H])c2cccc3oc4c5ccccc5ccc4c23)c([2H])c([2H])c1-c1ccc(-c2ccccc2)cc1. The molecule has 9 aromatic carbocycles. The fourth-order valence-corrected chi connectivity index (χ4v) is 6.64. The normalized spacial score (nSPS) is 15.5. The van der Waals surface area contributed by atoms with E-state index in [-0.39, 0.29) is 11.3 Å². The Kier molecular flexibility index (Phi) is 4.40. The number of rotatable bonds is 6. The highest BCUT2D eigenvalue weighted by Gasteiger charge is 2.20. The van der Waals surface area contributed by atoms with E-state index in [9.17, 15) is 11.0 Å². The quantitative estimate of drug-likeness (QED) is 0.174. The summed E-state index contributed by atoms with van der Waals surface area (Å²) in [6.45, 7) is 0. The van der Waals surface area contributed by atoms with Crippen molar-refractivity contribution in [3.63, 3.8) is 0 Å². The molecule has 0 unspecified atom stereocenters. The van der Waals surface area contributed by atoms with Crippen LogP contribution >= 0.6 is 0 Å². The van der Waals surface area contributed by atoms with Gasteiger partial charge in [0.05, 0.1) is 31.6 Å². The van der Waals surface area contributed by atoms with Crippen LogP contribution in [0.1, 0.15) is 20.6 Å². The van der Waals surface area contributed by atoms with E-state index in [1.54, 1.807) is 30.3 Å². The van der Waals surface area contributed by atoms with Gasteiger partial charge < -0.3 is 9.32 Å². The fraction of sp³-hybridized carbons (Fsp3) is 0. The summed E-state index contributed by atoms with van der Waals surface area (Å²) in [7, 11) is 0. The average molecular weight is 679 g/mol. The van der Waals surface area contributed by atoms with Crippen LogP contribution in [0.2, 0.25) is 0 Å². The Hall–Kier alpha value is -6.90. The topological polar surface area (TPSA) is 16.4 Å². The van der Waals surface area contributed by atoms with Crippen molar-refractivity contribution >= 4 is 60.5 Å². The third-order valence-corrected chi connectivity index (χ3v) is 9.12. The molecule has 0 bridgehead atoms. The van der Waals surface area contributed by atoms with Crippen molar-refractivity contribution in [1.29, 1.82) is 0 Å². The van der Waals surface area contributed by atoms with Crippen LogP contribution in [-0.4, -0.2) is 0 Å². The maximum Gasteiger partial charge on any atom is 0.143 e. The summed E-state index contributed by atoms with van der Waals surface area (Å²) in [6, 6.07) is 22.5. The number of anilines is 3. The van der Waals surface area contributed by atoms with Gasteiger partial charge in [-0.2, -0.15) is 0 Å². The molecule has 0 aliphatic rings. The highest BCUT2D eigenvalue weighted by molar-refractivity contribution is 6.19. The molecule has 0 aliphatic heterocycles. The van der Waals surface area contributed by atoms with Gasteiger partial charge in [0, 0.05) is 22.1 Å². The molecule has 0 saturated carbocycles. The van der Waals surface area contributed by atoms with Crippen LogP contribution < -0.4 is 4.90 Å². The van der Waals surface area contributed by atoms with Crippen LogP contribution in [0, 0.1) is 0 Å². The number of hydrogen-bond acceptors (Lipinski definition) is 2. The Morgan fingerprint density at radius 1 is 0.404 bits per heavy atom. The predicted molar refractivity (Wildman–Crippen MR) is 220 cm³/mol. The van der Waals surface area contributed by atoms with Crippen molar-refractivity contribution in [1.82, 2.24) is 0 Å². The van der Waals surface area contributed by atoms with E-state index in [0.717, 1.165) is 26.8 Å². The van der Waals surface area contributed by atoms with E-state index in [0.29, 0.717) is 27.5 Å². The van der Waals surface area contributed by atoms with Crippen LogP contribution in [0.3, 0.4) is 0 Å². The molecule has 0 fully saturated rings. The molecule has 0 radical (unpaired) electrons. The molecule has 244 valence electrons. The standard InChI is InChI=1S/C50H33NO/c1-2-10-34(11-3-1)35-20-22-36(23-21-35)37-24-29-41(30-25-37)51(42-31-26-40(27-32-42)44-17-8-14-38-12-4-6-15-43(38)44)47-18-9-19-48-49(47)46-33-28-39-13-5-7-16-45(39)50(46)52-48/h1-33H/i4D,6D,8D,12D,14D,15D,17D,24D,25D,26D,27D,29D,30D,31D,32D. The van der Waals surface area contributed by atoms with Gasteiger partial charge >= 0.3 is 0 Å². The highest BCUT2D eigenvalue weighted by atomic mass is 16.3. The van der Waals surface area contributed by atoms with Gasteiger partial charge in [0.15, 0.2) is 0 Å². The second-order valence-electron chi connectivity index (χ2n) is 12.1. The Labute approximate surface area is 323 Å². The van der Waals surface area contributed by atoms with Crippen LogP contribution in [0.15, 0.2) is 204 Å². The van der Waals surface area contributed by atoms with Gasteiger partial charge in [0.2, 0.25) is 0 Å². The van der Waals surface area contributed by atoms with E-state index in [1.807, 2.05) is 78.9 Å². The molecule has 2 nitrogen and oxygen atoms in total. The van der Waals surface area contributed by atoms with Crippen molar-refractivity contribution in [2.24, 2.45) is 0 Å². The van der Waals surface area contributed by atoms with Crippen molar-refractivity contribution in [3.05, 3.63) is 200 Å². The molecule has 52 heavy (non-hydrogen) atoms. The summed E-state index contributed by atoms with van der Waals surface area (Å²) in [5.74, 6) is 0. The van der Waals surface area contributed by atoms with Crippen LogP contribution in [-0.2, 0) is 0 Å². The summed E-state index contributed by atoms with van der Waals surface area (Å²) < 4.78 is 143. The average Bonchev–Trinajstić information content (AvgIpc) is 3.74. The predicted octanol–water partition coefficient (Wildman–Crippen LogP) is 14.4. The first-order valence-electron chi connectivity index (χ1n) is 24.0. The van der Waals surface area contributed by atoms with Crippen molar-refractivity contribution in [2.75, 3.05) is 4.90 Å². The molecule has 0 N–H and O–H groups in total. The lowest BCUT2D eigenvalue weighted by atomic mass is 9.97. The van der Waals surface area contributed by atoms with Crippen LogP contribution in [0.25, 0.3) is 76.9 Å². The second kappa shape index (κ2) is 12.5. The van der Waals surface area contributed by atoms with Gasteiger partial charge in [-0.1, -0.05) is 157 Å². The number of fused-ring (bicyclic) bond motifs is 6. The first-order valence-corrected chi connectivity index (χ1v) is 16.5. The summed E-state index contributed by atoms with van der Waals surface area (Å²) in [5.41, 5.74) is 1.07. The molecule has 0 atom stereocenters. The van der Waals surface area contributed by atoms with E-state index in [2.05, 4.69) is 0 Å². The summed E-state index contributed by atoms with van der Waals surface area (Å²) in [4.78, 5) is 1.16. The maximum atomic E-state index is 9.69. The molecule has 0 saturated heterocycles. The molecule has 1 heterocycles. The monoisotopic (exact) mass is 678 g/mol. The molecule has 0 spiro atoms. The zero-order valence-corrected chi connectivity index (χ0v) is 27.2. The first-order chi connectivity index (χ1) is 32.0. The second-order valence-corrected chi connectivity index (χ2v) is 12.1. The zero-order chi connectivity index (χ0) is 47.5. The number of benzene rings is 9. The molecule has 2 heteroatoms. The van der Waals surface area contributed by atoms with Gasteiger partial charge in [0.1, 0.15) is 11.2 Å². The van der Waals surface area contributed by atoms with Crippen molar-refractivity contribution in [3.8, 4) is 33.4 Å². The van der Waals surface area contributed by atoms with E-state index < -0.39 is 124 Å². The smallest absolute Gasteiger partial charge is 0.143 e. The summed E-state index contributed by atoms with van der Waals surface area (Å²) >= 11 is 0. The van der Waals surface area contributed by atoms with Crippen LogP contribution in [0.4, 0.5) is 17.1 Å². The molecule has 0 aliphatic carbocycles. The highest BCUT2D eigenvalue weighted by Crippen LogP contribution is 2.45. The number of furan rings is 1. The molecule has 10 rings (SSSR count). The van der Waals surface area contributed by atoms with Gasteiger partial charge in [-0.15, -0.1) is 0 Å². The van der Waals surface area contributed by atoms with Gasteiger partial charge in [-0.05, 0) is 91.9 Å². The van der Waals surface area contributed by atoms with Gasteiger partial charge in [-0.25, -0.2) is 0 Å². The zero-order valence-electron chi connectivity index (χ0n) is 42.2. The third-order valence-electron chi connectivity index (χ3n) is 9.12. The number of hydrogen-bond donors (Lipinski definition) is 0. The largest absolute Gasteiger partial charge is 0.455 e. The molecule has 0 amide bonds. The van der Waals surface area contributed by atoms with E-state index >= 15 is 0 Å². The summed E-state index contributed by atoms with van der Waals surface area (Å²) in [6.07, 6.45) is 0. The Morgan fingerprint density at radius 3 is 1.85 bits per heavy atom. The number of nitrogens with zero attached hydrogens (tertiary/aromatic N) is 1. The minimum Gasteiger partial charge on any atom is -0.455 e. The lowest BCUT2D eigenvalue weighted by Gasteiger charge is -2.26. The first kappa shape index (κ1) is 18.4. The van der Waals surface area contributed by atoms with E-state index in [4.69, 9.17) is 14.0 Å². The van der Waals surface area contributed by atoms with Crippen LogP contribution in [0.5, 0.6) is 0 Å². The lowest BCUT2D eigenvalue weighted by Crippen LogP contribution is -2.10. The van der Waals surface area contributed by atoms with E-state index in [1.165, 1.54) is 0 Å². The maximum absolute atomic E-state index is 9.69. The Bertz CT molecular complexity index is 3690. The minimum atomic E-state index is -0.805. The van der Waals surface area contributed by atoms with Crippen molar-refractivity contribution in [2.45, 2.75) is 0 Å². The molecule has 10 aromatic rings. The lowest BCUT2D eigenvalue weighted by molar-refractivity contribution is 0.672. The van der Waals surface area contributed by atoms with Gasteiger partial charge in [-0.3, -0.25) is 0 Å². The fourth-order valence-electron chi connectivity index (χ4n) is 6.64. The Balaban J connectivity index is 1.29. The van der Waals surface area contributed by atoms with Gasteiger partial charge in [0.25, 0.3) is 0 Å².